The summed E-state index contributed by atoms with van der Waals surface area (Å²) in [5.74, 6) is 1.02. The van der Waals surface area contributed by atoms with E-state index in [9.17, 15) is 4.79 Å². The largest absolute Gasteiger partial charge is 0.343 e. The molecule has 108 valence electrons. The van der Waals surface area contributed by atoms with Crippen molar-refractivity contribution in [1.29, 1.82) is 0 Å². The normalized spacial score (nSPS) is 29.7. The maximum Gasteiger partial charge on any atom is 0.226 e. The van der Waals surface area contributed by atoms with Crippen LogP contribution >= 0.6 is 0 Å². The Kier molecular flexibility index (Phi) is 4.08. The molecule has 2 aliphatic carbocycles. The van der Waals surface area contributed by atoms with E-state index in [1.54, 1.807) is 0 Å². The zero-order valence-electron chi connectivity index (χ0n) is 13.2. The van der Waals surface area contributed by atoms with Crippen LogP contribution in [0.1, 0.15) is 59.8 Å². The Labute approximate surface area is 118 Å². The van der Waals surface area contributed by atoms with Gasteiger partial charge in [-0.15, -0.1) is 0 Å². The van der Waals surface area contributed by atoms with Crippen LogP contribution < -0.4 is 0 Å². The second-order valence-corrected chi connectivity index (χ2v) is 7.31. The summed E-state index contributed by atoms with van der Waals surface area (Å²) in [4.78, 5) is 14.8. The molecule has 19 heavy (non-hydrogen) atoms. The van der Waals surface area contributed by atoms with Gasteiger partial charge in [0.25, 0.3) is 0 Å². The van der Waals surface area contributed by atoms with E-state index in [1.165, 1.54) is 37.7 Å². The van der Waals surface area contributed by atoms with Crippen molar-refractivity contribution in [3.8, 4) is 0 Å². The Balaban J connectivity index is 2.02. The first-order valence-corrected chi connectivity index (χ1v) is 7.77. The predicted octanol–water partition coefficient (Wildman–Crippen LogP) is 4.02. The molecule has 1 amide bonds. The van der Waals surface area contributed by atoms with Crippen molar-refractivity contribution < 1.29 is 4.79 Å². The van der Waals surface area contributed by atoms with E-state index in [0.717, 1.165) is 0 Å². The van der Waals surface area contributed by atoms with Crippen molar-refractivity contribution in [2.45, 2.75) is 65.8 Å². The summed E-state index contributed by atoms with van der Waals surface area (Å²) in [5.41, 5.74) is 1.48. The van der Waals surface area contributed by atoms with E-state index in [-0.39, 0.29) is 11.3 Å². The zero-order chi connectivity index (χ0) is 14.2. The fourth-order valence-electron chi connectivity index (χ4n) is 3.69. The predicted molar refractivity (Wildman–Crippen MR) is 79.8 cm³/mol. The molecule has 2 atom stereocenters. The molecule has 2 fully saturated rings. The van der Waals surface area contributed by atoms with Gasteiger partial charge in [-0.25, -0.2) is 0 Å². The second-order valence-electron chi connectivity index (χ2n) is 7.31. The second kappa shape index (κ2) is 5.30. The van der Waals surface area contributed by atoms with Crippen LogP contribution in [0.25, 0.3) is 0 Å². The number of carbonyl (C=O) groups excluding carboxylic acids is 1. The SMILES string of the molecule is CC(C)=CC1C(C(=O)N(C)C2CCCCC2)C1(C)C. The lowest BCUT2D eigenvalue weighted by Gasteiger charge is -2.31. The van der Waals surface area contributed by atoms with E-state index in [4.69, 9.17) is 0 Å². The summed E-state index contributed by atoms with van der Waals surface area (Å²) in [5, 5.41) is 0. The third-order valence-electron chi connectivity index (χ3n) is 5.16. The first-order valence-electron chi connectivity index (χ1n) is 7.77. The first-order chi connectivity index (χ1) is 8.85. The third-order valence-corrected chi connectivity index (χ3v) is 5.16. The van der Waals surface area contributed by atoms with Crippen LogP contribution in [-0.2, 0) is 4.79 Å². The van der Waals surface area contributed by atoms with Crippen LogP contribution in [0.15, 0.2) is 11.6 Å². The number of amides is 1. The molecule has 0 spiro atoms. The molecule has 0 aromatic carbocycles. The van der Waals surface area contributed by atoms with E-state index in [1.807, 2.05) is 7.05 Å². The fourth-order valence-corrected chi connectivity index (χ4v) is 3.69. The van der Waals surface area contributed by atoms with Gasteiger partial charge < -0.3 is 4.90 Å². The van der Waals surface area contributed by atoms with Crippen LogP contribution in [0.2, 0.25) is 0 Å². The van der Waals surface area contributed by atoms with Crippen molar-refractivity contribution in [3.63, 3.8) is 0 Å². The minimum atomic E-state index is 0.150. The van der Waals surface area contributed by atoms with Crippen LogP contribution in [-0.4, -0.2) is 23.9 Å². The Bertz CT molecular complexity index is 373. The van der Waals surface area contributed by atoms with Crippen LogP contribution in [0.4, 0.5) is 0 Å². The third kappa shape index (κ3) is 2.88. The molecule has 0 N–H and O–H groups in total. The monoisotopic (exact) mass is 263 g/mol. The molecule has 2 rings (SSSR count). The van der Waals surface area contributed by atoms with E-state index in [2.05, 4.69) is 38.7 Å². The molecule has 0 radical (unpaired) electrons. The standard InChI is InChI=1S/C17H29NO/c1-12(2)11-14-15(17(14,3)4)16(19)18(5)13-9-7-6-8-10-13/h11,13-15H,6-10H2,1-5H3. The van der Waals surface area contributed by atoms with Gasteiger partial charge in [0, 0.05) is 13.1 Å². The molecule has 0 aliphatic heterocycles. The Hall–Kier alpha value is -0.790. The molecular formula is C17H29NO. The smallest absolute Gasteiger partial charge is 0.226 e. The molecule has 2 unspecified atom stereocenters. The lowest BCUT2D eigenvalue weighted by atomic mass is 9.94. The molecule has 2 saturated carbocycles. The Morgan fingerprint density at radius 2 is 1.74 bits per heavy atom. The van der Waals surface area contributed by atoms with Crippen molar-refractivity contribution in [2.75, 3.05) is 7.05 Å². The highest BCUT2D eigenvalue weighted by atomic mass is 16.2. The highest BCUT2D eigenvalue weighted by molar-refractivity contribution is 5.83. The van der Waals surface area contributed by atoms with Crippen LogP contribution in [0.3, 0.4) is 0 Å². The van der Waals surface area contributed by atoms with Gasteiger partial charge in [0.05, 0.1) is 5.92 Å². The number of hydrogen-bond donors (Lipinski definition) is 0. The van der Waals surface area contributed by atoms with Gasteiger partial charge in [-0.3, -0.25) is 4.79 Å². The Morgan fingerprint density at radius 3 is 2.26 bits per heavy atom. The molecule has 2 aliphatic rings. The lowest BCUT2D eigenvalue weighted by molar-refractivity contribution is -0.134. The number of rotatable bonds is 3. The summed E-state index contributed by atoms with van der Waals surface area (Å²) in [7, 11) is 2.02. The number of carbonyl (C=O) groups is 1. The molecule has 0 bridgehead atoms. The van der Waals surface area contributed by atoms with Gasteiger partial charge >= 0.3 is 0 Å². The summed E-state index contributed by atoms with van der Waals surface area (Å²) in [6, 6.07) is 0.491. The van der Waals surface area contributed by atoms with Crippen LogP contribution in [0, 0.1) is 17.3 Å². The molecule has 0 saturated heterocycles. The molecule has 2 nitrogen and oxygen atoms in total. The summed E-state index contributed by atoms with van der Waals surface area (Å²) >= 11 is 0. The molecule has 0 heterocycles. The van der Waals surface area contributed by atoms with Gasteiger partial charge in [-0.1, -0.05) is 44.8 Å². The van der Waals surface area contributed by atoms with Crippen molar-refractivity contribution >= 4 is 5.91 Å². The highest BCUT2D eigenvalue weighted by Crippen LogP contribution is 2.60. The topological polar surface area (TPSA) is 20.3 Å². The minimum Gasteiger partial charge on any atom is -0.343 e. The van der Waals surface area contributed by atoms with Crippen molar-refractivity contribution in [3.05, 3.63) is 11.6 Å². The number of allylic oxidation sites excluding steroid dienone is 2. The van der Waals surface area contributed by atoms with Crippen molar-refractivity contribution in [1.82, 2.24) is 4.90 Å². The average molecular weight is 263 g/mol. The summed E-state index contributed by atoms with van der Waals surface area (Å²) in [6.45, 7) is 8.71. The van der Waals surface area contributed by atoms with Crippen molar-refractivity contribution in [2.24, 2.45) is 17.3 Å². The first kappa shape index (κ1) is 14.6. The fraction of sp³-hybridized carbons (Fsp3) is 0.824. The van der Waals surface area contributed by atoms with Crippen LogP contribution in [0.5, 0.6) is 0 Å². The summed E-state index contributed by atoms with van der Waals surface area (Å²) in [6.07, 6.45) is 8.60. The van der Waals surface area contributed by atoms with Gasteiger partial charge in [-0.2, -0.15) is 0 Å². The quantitative estimate of drug-likeness (QED) is 0.704. The maximum atomic E-state index is 12.7. The maximum absolute atomic E-state index is 12.7. The highest BCUT2D eigenvalue weighted by Gasteiger charge is 2.61. The average Bonchev–Trinajstić information content (AvgIpc) is 2.89. The van der Waals surface area contributed by atoms with Gasteiger partial charge in [0.15, 0.2) is 0 Å². The van der Waals surface area contributed by atoms with Gasteiger partial charge in [0.2, 0.25) is 5.91 Å². The summed E-state index contributed by atoms with van der Waals surface area (Å²) < 4.78 is 0. The van der Waals surface area contributed by atoms with E-state index in [0.29, 0.717) is 17.9 Å². The number of hydrogen-bond acceptors (Lipinski definition) is 1. The van der Waals surface area contributed by atoms with E-state index < -0.39 is 0 Å². The molecule has 0 aromatic heterocycles. The van der Waals surface area contributed by atoms with E-state index >= 15 is 0 Å². The molecule has 0 aromatic rings. The Morgan fingerprint density at radius 1 is 1.16 bits per heavy atom. The lowest BCUT2D eigenvalue weighted by Crippen LogP contribution is -2.40. The zero-order valence-corrected chi connectivity index (χ0v) is 13.2. The molecular weight excluding hydrogens is 234 g/mol. The minimum absolute atomic E-state index is 0.150. The molecule has 2 heteroatoms. The number of nitrogens with zero attached hydrogens (tertiary/aromatic N) is 1. The van der Waals surface area contributed by atoms with Gasteiger partial charge in [0.1, 0.15) is 0 Å². The van der Waals surface area contributed by atoms with Gasteiger partial charge in [-0.05, 0) is 38.0 Å².